The second-order valence-corrected chi connectivity index (χ2v) is 7.74. The van der Waals surface area contributed by atoms with E-state index in [0.29, 0.717) is 26.2 Å². The summed E-state index contributed by atoms with van der Waals surface area (Å²) in [5.41, 5.74) is -0.150. The molecule has 1 fully saturated rings. The van der Waals surface area contributed by atoms with Crippen molar-refractivity contribution in [1.29, 1.82) is 0 Å². The van der Waals surface area contributed by atoms with E-state index in [-0.39, 0.29) is 18.2 Å². The number of hydrogen-bond acceptors (Lipinski definition) is 5. The lowest BCUT2D eigenvalue weighted by Gasteiger charge is -2.35. The lowest BCUT2D eigenvalue weighted by Crippen LogP contribution is -2.49. The number of amides is 1. The van der Waals surface area contributed by atoms with Crippen molar-refractivity contribution in [1.82, 2.24) is 14.9 Å². The number of nitrogens with one attached hydrogen (secondary N) is 1. The maximum atomic E-state index is 13.1. The third-order valence-corrected chi connectivity index (χ3v) is 4.94. The summed E-state index contributed by atoms with van der Waals surface area (Å²) in [7, 11) is 0. The van der Waals surface area contributed by atoms with Gasteiger partial charge >= 0.3 is 6.18 Å². The lowest BCUT2D eigenvalue weighted by molar-refractivity contribution is -0.137. The number of benzene rings is 1. The standard InChI is InChI=1S/C21H26F3N5O/c1-14(2)20-25-15(3)12-18(27-20)29-10-8-28(9-11-29)13-19(30)26-17-7-5-4-6-16(17)21(22,23)24/h4-7,12,14H,8-11,13H2,1-3H3,(H,26,30). The van der Waals surface area contributed by atoms with Gasteiger partial charge in [-0.2, -0.15) is 13.2 Å². The van der Waals surface area contributed by atoms with Crippen LogP contribution < -0.4 is 10.2 Å². The van der Waals surface area contributed by atoms with Crippen LogP contribution in [0, 0.1) is 6.92 Å². The number of nitrogens with zero attached hydrogens (tertiary/aromatic N) is 4. The fourth-order valence-electron chi connectivity index (χ4n) is 3.36. The first kappa shape index (κ1) is 22.0. The number of hydrogen-bond donors (Lipinski definition) is 1. The molecule has 1 aromatic carbocycles. The first-order valence-electron chi connectivity index (χ1n) is 9.92. The Morgan fingerprint density at radius 1 is 1.13 bits per heavy atom. The molecule has 1 saturated heterocycles. The van der Waals surface area contributed by atoms with E-state index in [0.717, 1.165) is 23.4 Å². The first-order valence-corrected chi connectivity index (χ1v) is 9.92. The van der Waals surface area contributed by atoms with Gasteiger partial charge in [-0.05, 0) is 19.1 Å². The average Bonchev–Trinajstić information content (AvgIpc) is 2.67. The molecule has 0 bridgehead atoms. The summed E-state index contributed by atoms with van der Waals surface area (Å²) in [6.07, 6.45) is -4.51. The Morgan fingerprint density at radius 3 is 2.43 bits per heavy atom. The summed E-state index contributed by atoms with van der Waals surface area (Å²) in [5.74, 6) is 1.44. The SMILES string of the molecule is Cc1cc(N2CCN(CC(=O)Nc3ccccc3C(F)(F)F)CC2)nc(C(C)C)n1. The topological polar surface area (TPSA) is 61.4 Å². The number of piperazine rings is 1. The molecular formula is C21H26F3N5O. The molecule has 1 aromatic heterocycles. The van der Waals surface area contributed by atoms with E-state index in [1.807, 2.05) is 31.7 Å². The van der Waals surface area contributed by atoms with Crippen molar-refractivity contribution in [3.05, 3.63) is 47.4 Å². The molecule has 0 spiro atoms. The molecule has 0 unspecified atom stereocenters. The highest BCUT2D eigenvalue weighted by molar-refractivity contribution is 5.93. The largest absolute Gasteiger partial charge is 0.418 e. The van der Waals surface area contributed by atoms with Crippen LogP contribution in [0.15, 0.2) is 30.3 Å². The summed E-state index contributed by atoms with van der Waals surface area (Å²) in [4.78, 5) is 25.5. The van der Waals surface area contributed by atoms with Crippen molar-refractivity contribution in [2.45, 2.75) is 32.9 Å². The van der Waals surface area contributed by atoms with Gasteiger partial charge in [0.1, 0.15) is 11.6 Å². The molecule has 1 N–H and O–H groups in total. The lowest BCUT2D eigenvalue weighted by atomic mass is 10.1. The molecule has 30 heavy (non-hydrogen) atoms. The van der Waals surface area contributed by atoms with Gasteiger partial charge in [0, 0.05) is 43.9 Å². The molecule has 3 rings (SSSR count). The Hall–Kier alpha value is -2.68. The van der Waals surface area contributed by atoms with Crippen LogP contribution in [-0.4, -0.2) is 53.5 Å². The van der Waals surface area contributed by atoms with Crippen LogP contribution in [0.25, 0.3) is 0 Å². The van der Waals surface area contributed by atoms with E-state index < -0.39 is 17.6 Å². The number of anilines is 2. The van der Waals surface area contributed by atoms with Crippen LogP contribution >= 0.6 is 0 Å². The maximum absolute atomic E-state index is 13.1. The molecule has 162 valence electrons. The number of carbonyl (C=O) groups is 1. The molecule has 1 amide bonds. The summed E-state index contributed by atoms with van der Waals surface area (Å²) < 4.78 is 39.3. The molecule has 1 aliphatic heterocycles. The van der Waals surface area contributed by atoms with Gasteiger partial charge in [-0.15, -0.1) is 0 Å². The van der Waals surface area contributed by atoms with Gasteiger partial charge < -0.3 is 10.2 Å². The third kappa shape index (κ3) is 5.47. The van der Waals surface area contributed by atoms with Gasteiger partial charge in [0.15, 0.2) is 0 Å². The number of para-hydroxylation sites is 1. The Balaban J connectivity index is 1.57. The van der Waals surface area contributed by atoms with E-state index in [1.54, 1.807) is 0 Å². The summed E-state index contributed by atoms with van der Waals surface area (Å²) in [6.45, 7) is 8.68. The Kier molecular flexibility index (Phi) is 6.60. The molecular weight excluding hydrogens is 395 g/mol. The minimum atomic E-state index is -4.51. The zero-order chi connectivity index (χ0) is 21.9. The smallest absolute Gasteiger partial charge is 0.354 e. The fraction of sp³-hybridized carbons (Fsp3) is 0.476. The van der Waals surface area contributed by atoms with Crippen LogP contribution in [0.3, 0.4) is 0 Å². The average molecular weight is 421 g/mol. The Morgan fingerprint density at radius 2 is 1.80 bits per heavy atom. The van der Waals surface area contributed by atoms with Gasteiger partial charge in [0.2, 0.25) is 5.91 Å². The van der Waals surface area contributed by atoms with E-state index >= 15 is 0 Å². The number of carbonyl (C=O) groups excluding carboxylic acids is 1. The van der Waals surface area contributed by atoms with Crippen LogP contribution in [-0.2, 0) is 11.0 Å². The highest BCUT2D eigenvalue weighted by Crippen LogP contribution is 2.34. The van der Waals surface area contributed by atoms with Crippen molar-refractivity contribution in [3.8, 4) is 0 Å². The van der Waals surface area contributed by atoms with Crippen molar-refractivity contribution in [3.63, 3.8) is 0 Å². The quantitative estimate of drug-likeness (QED) is 0.798. The molecule has 0 aliphatic carbocycles. The maximum Gasteiger partial charge on any atom is 0.418 e. The number of alkyl halides is 3. The number of aryl methyl sites for hydroxylation is 1. The van der Waals surface area contributed by atoms with E-state index in [1.165, 1.54) is 18.2 Å². The highest BCUT2D eigenvalue weighted by atomic mass is 19.4. The zero-order valence-electron chi connectivity index (χ0n) is 17.3. The normalized spacial score (nSPS) is 15.5. The van der Waals surface area contributed by atoms with Crippen LogP contribution in [0.2, 0.25) is 0 Å². The van der Waals surface area contributed by atoms with Crippen molar-refractivity contribution >= 4 is 17.4 Å². The van der Waals surface area contributed by atoms with Crippen molar-refractivity contribution < 1.29 is 18.0 Å². The molecule has 0 saturated carbocycles. The fourth-order valence-corrected chi connectivity index (χ4v) is 3.36. The van der Waals surface area contributed by atoms with E-state index in [4.69, 9.17) is 0 Å². The Bertz CT molecular complexity index is 892. The van der Waals surface area contributed by atoms with Crippen LogP contribution in [0.1, 0.15) is 36.8 Å². The molecule has 2 aromatic rings. The number of halogens is 3. The predicted molar refractivity (Wildman–Crippen MR) is 110 cm³/mol. The third-order valence-electron chi connectivity index (χ3n) is 4.94. The van der Waals surface area contributed by atoms with Gasteiger partial charge in [0.25, 0.3) is 0 Å². The monoisotopic (exact) mass is 421 g/mol. The summed E-state index contributed by atoms with van der Waals surface area (Å²) >= 11 is 0. The predicted octanol–water partition coefficient (Wildman–Crippen LogP) is 3.69. The molecule has 0 atom stereocenters. The van der Waals surface area contributed by atoms with E-state index in [9.17, 15) is 18.0 Å². The first-order chi connectivity index (χ1) is 14.1. The minimum Gasteiger partial charge on any atom is -0.354 e. The van der Waals surface area contributed by atoms with Gasteiger partial charge in [-0.3, -0.25) is 9.69 Å². The van der Waals surface area contributed by atoms with Crippen molar-refractivity contribution in [2.24, 2.45) is 0 Å². The minimum absolute atomic E-state index is 0.0417. The number of aromatic nitrogens is 2. The molecule has 1 aliphatic rings. The van der Waals surface area contributed by atoms with Gasteiger partial charge in [-0.25, -0.2) is 9.97 Å². The number of rotatable bonds is 5. The molecule has 6 nitrogen and oxygen atoms in total. The highest BCUT2D eigenvalue weighted by Gasteiger charge is 2.33. The molecule has 9 heteroatoms. The Labute approximate surface area is 174 Å². The van der Waals surface area contributed by atoms with Crippen molar-refractivity contribution in [2.75, 3.05) is 42.9 Å². The van der Waals surface area contributed by atoms with E-state index in [2.05, 4.69) is 20.2 Å². The second-order valence-electron chi connectivity index (χ2n) is 7.74. The zero-order valence-corrected chi connectivity index (χ0v) is 17.3. The molecule has 0 radical (unpaired) electrons. The summed E-state index contributed by atoms with van der Waals surface area (Å²) in [5, 5.41) is 2.40. The van der Waals surface area contributed by atoms with Crippen LogP contribution in [0.4, 0.5) is 24.7 Å². The molecule has 2 heterocycles. The summed E-state index contributed by atoms with van der Waals surface area (Å²) in [6, 6.07) is 6.95. The van der Waals surface area contributed by atoms with Gasteiger partial charge in [-0.1, -0.05) is 26.0 Å². The van der Waals surface area contributed by atoms with Crippen LogP contribution in [0.5, 0.6) is 0 Å². The van der Waals surface area contributed by atoms with Gasteiger partial charge in [0.05, 0.1) is 17.8 Å². The second kappa shape index (κ2) is 8.99.